The summed E-state index contributed by atoms with van der Waals surface area (Å²) in [7, 11) is 4.29. The van der Waals surface area contributed by atoms with E-state index in [0.29, 0.717) is 38.5 Å². The number of carbonyl (C=O) groups is 2. The van der Waals surface area contributed by atoms with Gasteiger partial charge in [0, 0.05) is 50.6 Å². The maximum absolute atomic E-state index is 12.7. The van der Waals surface area contributed by atoms with Crippen molar-refractivity contribution in [3.63, 3.8) is 0 Å². The van der Waals surface area contributed by atoms with Crippen LogP contribution >= 0.6 is 0 Å². The number of benzene rings is 1. The summed E-state index contributed by atoms with van der Waals surface area (Å²) in [5.74, 6) is 0.0632. The summed E-state index contributed by atoms with van der Waals surface area (Å²) < 4.78 is 5.84. The van der Waals surface area contributed by atoms with Crippen LogP contribution in [0, 0.1) is 0 Å². The first-order chi connectivity index (χ1) is 14.5. The van der Waals surface area contributed by atoms with Gasteiger partial charge in [0.15, 0.2) is 0 Å². The molecule has 7 nitrogen and oxygen atoms in total. The van der Waals surface area contributed by atoms with Crippen molar-refractivity contribution in [2.45, 2.75) is 37.3 Å². The molecule has 4 rings (SSSR count). The van der Waals surface area contributed by atoms with Gasteiger partial charge in [-0.1, -0.05) is 18.2 Å². The van der Waals surface area contributed by atoms with E-state index >= 15 is 0 Å². The van der Waals surface area contributed by atoms with Gasteiger partial charge >= 0.3 is 6.09 Å². The molecular weight excluding hydrogens is 380 g/mol. The fourth-order valence-corrected chi connectivity index (χ4v) is 4.93. The maximum Gasteiger partial charge on any atom is 0.410 e. The van der Waals surface area contributed by atoms with Gasteiger partial charge in [-0.2, -0.15) is 0 Å². The van der Waals surface area contributed by atoms with Crippen LogP contribution in [0.15, 0.2) is 30.3 Å². The third kappa shape index (κ3) is 4.62. The highest BCUT2D eigenvalue weighted by atomic mass is 16.6. The van der Waals surface area contributed by atoms with Crippen molar-refractivity contribution in [3.8, 4) is 0 Å². The predicted octanol–water partition coefficient (Wildman–Crippen LogP) is 2.14. The molecule has 3 aliphatic rings. The number of amides is 2. The SMILES string of the molecule is CN(C)C1CCN(CCCN2CC3(CCN(C(=O)c4ccccc4)CC3)OC2=O)C1. The summed E-state index contributed by atoms with van der Waals surface area (Å²) in [5.41, 5.74) is 0.297. The lowest BCUT2D eigenvalue weighted by molar-refractivity contribution is 0.00313. The lowest BCUT2D eigenvalue weighted by Gasteiger charge is -2.37. The fourth-order valence-electron chi connectivity index (χ4n) is 4.93. The number of likely N-dealkylation sites (tertiary alicyclic amines) is 2. The third-order valence-corrected chi connectivity index (χ3v) is 6.90. The van der Waals surface area contributed by atoms with E-state index in [1.807, 2.05) is 40.1 Å². The minimum absolute atomic E-state index is 0.0632. The molecule has 3 saturated heterocycles. The first-order valence-corrected chi connectivity index (χ1v) is 11.2. The molecule has 0 radical (unpaired) electrons. The molecule has 3 aliphatic heterocycles. The van der Waals surface area contributed by atoms with Crippen LogP contribution in [0.1, 0.15) is 36.0 Å². The molecule has 0 saturated carbocycles. The van der Waals surface area contributed by atoms with E-state index in [1.165, 1.54) is 6.42 Å². The molecule has 1 aromatic carbocycles. The Bertz CT molecular complexity index is 746. The normalized spacial score (nSPS) is 24.1. The molecule has 164 valence electrons. The molecule has 1 spiro atoms. The lowest BCUT2D eigenvalue weighted by atomic mass is 9.91. The van der Waals surface area contributed by atoms with E-state index in [9.17, 15) is 9.59 Å². The summed E-state index contributed by atoms with van der Waals surface area (Å²) in [6.07, 6.45) is 3.43. The Hall–Kier alpha value is -2.12. The topological polar surface area (TPSA) is 56.3 Å². The summed E-state index contributed by atoms with van der Waals surface area (Å²) in [5, 5.41) is 0. The molecule has 1 unspecified atom stereocenters. The molecule has 0 bridgehead atoms. The van der Waals surface area contributed by atoms with Gasteiger partial charge < -0.3 is 24.3 Å². The Morgan fingerprint density at radius 2 is 1.87 bits per heavy atom. The van der Waals surface area contributed by atoms with Crippen molar-refractivity contribution in [1.29, 1.82) is 0 Å². The molecule has 0 aliphatic carbocycles. The highest BCUT2D eigenvalue weighted by molar-refractivity contribution is 5.94. The van der Waals surface area contributed by atoms with Crippen LogP contribution in [0.2, 0.25) is 0 Å². The molecule has 3 heterocycles. The number of likely N-dealkylation sites (N-methyl/N-ethyl adjacent to an activating group) is 1. The number of ether oxygens (including phenoxy) is 1. The monoisotopic (exact) mass is 414 g/mol. The molecule has 0 aromatic heterocycles. The quantitative estimate of drug-likeness (QED) is 0.714. The van der Waals surface area contributed by atoms with Crippen LogP contribution in [0.3, 0.4) is 0 Å². The minimum atomic E-state index is -0.422. The van der Waals surface area contributed by atoms with Gasteiger partial charge in [-0.15, -0.1) is 0 Å². The van der Waals surface area contributed by atoms with Crippen molar-refractivity contribution < 1.29 is 14.3 Å². The van der Waals surface area contributed by atoms with Gasteiger partial charge in [0.05, 0.1) is 6.54 Å². The van der Waals surface area contributed by atoms with Gasteiger partial charge in [-0.3, -0.25) is 4.79 Å². The standard InChI is InChI=1S/C23H34N4O3/c1-24(2)20-9-14-25(17-20)12-6-13-27-18-23(30-22(27)29)10-15-26(16-11-23)21(28)19-7-4-3-5-8-19/h3-5,7-8,20H,6,9-18H2,1-2H3. The zero-order valence-corrected chi connectivity index (χ0v) is 18.3. The van der Waals surface area contributed by atoms with E-state index in [-0.39, 0.29) is 12.0 Å². The van der Waals surface area contributed by atoms with Crippen molar-refractivity contribution in [2.24, 2.45) is 0 Å². The molecule has 7 heteroatoms. The largest absolute Gasteiger partial charge is 0.441 e. The van der Waals surface area contributed by atoms with Crippen LogP contribution in [0.5, 0.6) is 0 Å². The maximum atomic E-state index is 12.7. The van der Waals surface area contributed by atoms with Crippen LogP contribution in [0.4, 0.5) is 4.79 Å². The first kappa shape index (κ1) is 21.1. The van der Waals surface area contributed by atoms with Crippen molar-refractivity contribution in [3.05, 3.63) is 35.9 Å². The predicted molar refractivity (Wildman–Crippen MR) is 116 cm³/mol. The molecule has 0 N–H and O–H groups in total. The molecule has 2 amide bonds. The zero-order valence-electron chi connectivity index (χ0n) is 18.3. The molecule has 3 fully saturated rings. The van der Waals surface area contributed by atoms with Crippen molar-refractivity contribution >= 4 is 12.0 Å². The Labute approximate surface area is 179 Å². The zero-order chi connectivity index (χ0) is 21.1. The summed E-state index contributed by atoms with van der Waals surface area (Å²) in [6, 6.07) is 10.0. The molecule has 30 heavy (non-hydrogen) atoms. The lowest BCUT2D eigenvalue weighted by Crippen LogP contribution is -2.48. The summed E-state index contributed by atoms with van der Waals surface area (Å²) in [6.45, 7) is 5.95. The second-order valence-electron chi connectivity index (χ2n) is 9.19. The number of piperidine rings is 1. The van der Waals surface area contributed by atoms with E-state index in [2.05, 4.69) is 23.9 Å². The van der Waals surface area contributed by atoms with Gasteiger partial charge in [0.1, 0.15) is 5.60 Å². The average Bonchev–Trinajstić information content (AvgIpc) is 3.34. The fraction of sp³-hybridized carbons (Fsp3) is 0.652. The Morgan fingerprint density at radius 3 is 2.53 bits per heavy atom. The number of nitrogens with zero attached hydrogens (tertiary/aromatic N) is 4. The highest BCUT2D eigenvalue weighted by Gasteiger charge is 2.47. The van der Waals surface area contributed by atoms with Gasteiger partial charge in [-0.25, -0.2) is 4.79 Å². The first-order valence-electron chi connectivity index (χ1n) is 11.2. The third-order valence-electron chi connectivity index (χ3n) is 6.90. The number of carbonyl (C=O) groups excluding carboxylic acids is 2. The Balaban J connectivity index is 1.22. The van der Waals surface area contributed by atoms with Crippen molar-refractivity contribution in [2.75, 3.05) is 59.9 Å². The molecular formula is C23H34N4O3. The van der Waals surface area contributed by atoms with Gasteiger partial charge in [0.2, 0.25) is 0 Å². The Kier molecular flexibility index (Phi) is 6.29. The van der Waals surface area contributed by atoms with E-state index in [0.717, 1.165) is 38.2 Å². The van der Waals surface area contributed by atoms with Crippen LogP contribution in [0.25, 0.3) is 0 Å². The second-order valence-corrected chi connectivity index (χ2v) is 9.19. The minimum Gasteiger partial charge on any atom is -0.441 e. The smallest absolute Gasteiger partial charge is 0.410 e. The van der Waals surface area contributed by atoms with Crippen LogP contribution in [-0.4, -0.2) is 103 Å². The van der Waals surface area contributed by atoms with Gasteiger partial charge in [-0.05, 0) is 52.2 Å². The second kappa shape index (κ2) is 8.94. The highest BCUT2D eigenvalue weighted by Crippen LogP contribution is 2.33. The van der Waals surface area contributed by atoms with E-state index in [4.69, 9.17) is 4.74 Å². The van der Waals surface area contributed by atoms with E-state index in [1.54, 1.807) is 0 Å². The number of rotatable bonds is 6. The average molecular weight is 415 g/mol. The summed E-state index contributed by atoms with van der Waals surface area (Å²) in [4.78, 5) is 33.7. The molecule has 1 aromatic rings. The van der Waals surface area contributed by atoms with E-state index < -0.39 is 5.60 Å². The number of hydrogen-bond acceptors (Lipinski definition) is 5. The Morgan fingerprint density at radius 1 is 1.13 bits per heavy atom. The summed E-state index contributed by atoms with van der Waals surface area (Å²) >= 11 is 0. The van der Waals surface area contributed by atoms with Crippen LogP contribution < -0.4 is 0 Å². The van der Waals surface area contributed by atoms with Gasteiger partial charge in [0.25, 0.3) is 5.91 Å². The number of hydrogen-bond donors (Lipinski definition) is 0. The van der Waals surface area contributed by atoms with Crippen molar-refractivity contribution in [1.82, 2.24) is 19.6 Å². The molecule has 1 atom stereocenters. The van der Waals surface area contributed by atoms with Crippen LogP contribution in [-0.2, 0) is 4.74 Å².